The van der Waals surface area contributed by atoms with Gasteiger partial charge in [0.1, 0.15) is 11.8 Å². The average Bonchev–Trinajstić information content (AvgIpc) is 2.60. The lowest BCUT2D eigenvalue weighted by molar-refractivity contribution is -0.387. The maximum Gasteiger partial charge on any atom is 0.353 e. The first-order chi connectivity index (χ1) is 9.91. The van der Waals surface area contributed by atoms with Crippen molar-refractivity contribution in [3.05, 3.63) is 15.8 Å². The molecule has 2 unspecified atom stereocenters. The second kappa shape index (κ2) is 6.43. The number of nitrogens with two attached hydrogens (primary N) is 1. The number of nitro groups is 1. The molecule has 0 bridgehead atoms. The van der Waals surface area contributed by atoms with Gasteiger partial charge in [0.25, 0.3) is 5.88 Å². The van der Waals surface area contributed by atoms with E-state index in [0.29, 0.717) is 5.69 Å². The van der Waals surface area contributed by atoms with E-state index >= 15 is 0 Å². The highest BCUT2D eigenvalue weighted by molar-refractivity contribution is 5.47. The van der Waals surface area contributed by atoms with Crippen LogP contribution in [0.5, 0.6) is 5.88 Å². The van der Waals surface area contributed by atoms with E-state index in [2.05, 4.69) is 5.10 Å². The maximum absolute atomic E-state index is 11.4. The number of hydrogen-bond donors (Lipinski definition) is 1. The van der Waals surface area contributed by atoms with Crippen molar-refractivity contribution in [1.82, 2.24) is 9.78 Å². The summed E-state index contributed by atoms with van der Waals surface area (Å²) < 4.78 is 7.40. The zero-order valence-corrected chi connectivity index (χ0v) is 12.9. The molecule has 0 aliphatic heterocycles. The summed E-state index contributed by atoms with van der Waals surface area (Å²) in [5.41, 5.74) is 6.58. The van der Waals surface area contributed by atoms with E-state index in [0.717, 1.165) is 32.1 Å². The van der Waals surface area contributed by atoms with E-state index in [4.69, 9.17) is 10.5 Å². The topological polar surface area (TPSA) is 96.2 Å². The molecule has 1 aliphatic carbocycles. The minimum atomic E-state index is -0.403. The van der Waals surface area contributed by atoms with Crippen LogP contribution in [0.3, 0.4) is 0 Å². The zero-order valence-electron chi connectivity index (χ0n) is 12.9. The van der Waals surface area contributed by atoms with Gasteiger partial charge in [0.2, 0.25) is 0 Å². The van der Waals surface area contributed by atoms with Crippen LogP contribution in [0, 0.1) is 10.1 Å². The Bertz CT molecular complexity index is 513. The first kappa shape index (κ1) is 15.8. The molecule has 21 heavy (non-hydrogen) atoms. The summed E-state index contributed by atoms with van der Waals surface area (Å²) in [6.45, 7) is 3.77. The van der Waals surface area contributed by atoms with Gasteiger partial charge in [-0.05, 0) is 19.3 Å². The lowest BCUT2D eigenvalue weighted by atomic mass is 10.1. The molecule has 1 fully saturated rings. The molecule has 7 heteroatoms. The molecule has 0 spiro atoms. The molecule has 2 atom stereocenters. The molecule has 0 aromatic carbocycles. The van der Waals surface area contributed by atoms with Gasteiger partial charge in [-0.2, -0.15) is 5.10 Å². The highest BCUT2D eigenvalue weighted by Gasteiger charge is 2.33. The number of ether oxygens (including phenoxy) is 1. The summed E-state index contributed by atoms with van der Waals surface area (Å²) in [7, 11) is 1.68. The molecule has 0 saturated heterocycles. The van der Waals surface area contributed by atoms with E-state index in [1.165, 1.54) is 4.68 Å². The van der Waals surface area contributed by atoms with Crippen molar-refractivity contribution < 1.29 is 9.66 Å². The van der Waals surface area contributed by atoms with Crippen LogP contribution in [0.15, 0.2) is 0 Å². The van der Waals surface area contributed by atoms with Gasteiger partial charge in [-0.15, -0.1) is 0 Å². The van der Waals surface area contributed by atoms with Crippen molar-refractivity contribution in [3.8, 4) is 5.88 Å². The minimum Gasteiger partial charge on any atom is -0.468 e. The third-order valence-corrected chi connectivity index (χ3v) is 3.99. The molecule has 118 valence electrons. The molecular weight excluding hydrogens is 272 g/mol. The monoisotopic (exact) mass is 296 g/mol. The van der Waals surface area contributed by atoms with Gasteiger partial charge in [0.15, 0.2) is 0 Å². The van der Waals surface area contributed by atoms with Crippen molar-refractivity contribution in [2.24, 2.45) is 12.8 Å². The smallest absolute Gasteiger partial charge is 0.353 e. The lowest BCUT2D eigenvalue weighted by Gasteiger charge is -2.22. The van der Waals surface area contributed by atoms with Crippen LogP contribution in [0.4, 0.5) is 5.69 Å². The zero-order chi connectivity index (χ0) is 15.6. The van der Waals surface area contributed by atoms with E-state index in [9.17, 15) is 10.1 Å². The Hall–Kier alpha value is -1.63. The summed E-state index contributed by atoms with van der Waals surface area (Å²) in [4.78, 5) is 11.0. The van der Waals surface area contributed by atoms with Crippen molar-refractivity contribution >= 4 is 5.69 Å². The molecule has 2 N–H and O–H groups in total. The Labute approximate surface area is 124 Å². The predicted octanol–water partition coefficient (Wildman–Crippen LogP) is 2.49. The summed E-state index contributed by atoms with van der Waals surface area (Å²) in [6.07, 6.45) is 4.82. The van der Waals surface area contributed by atoms with Gasteiger partial charge in [0.05, 0.1) is 4.92 Å². The highest BCUT2D eigenvalue weighted by Crippen LogP contribution is 2.36. The van der Waals surface area contributed by atoms with Crippen LogP contribution in [0.2, 0.25) is 0 Å². The summed E-state index contributed by atoms with van der Waals surface area (Å²) >= 11 is 0. The summed E-state index contributed by atoms with van der Waals surface area (Å²) in [6, 6.07) is -0.0792. The average molecular weight is 296 g/mol. The fourth-order valence-corrected chi connectivity index (χ4v) is 2.80. The van der Waals surface area contributed by atoms with Crippen LogP contribution in [0.25, 0.3) is 0 Å². The van der Waals surface area contributed by atoms with E-state index in [1.807, 2.05) is 13.8 Å². The van der Waals surface area contributed by atoms with Crippen LogP contribution in [-0.2, 0) is 7.05 Å². The Balaban J connectivity index is 2.32. The van der Waals surface area contributed by atoms with Gasteiger partial charge < -0.3 is 10.5 Å². The number of hydrogen-bond acceptors (Lipinski definition) is 5. The van der Waals surface area contributed by atoms with Crippen molar-refractivity contribution in [3.63, 3.8) is 0 Å². The standard InChI is InChI=1S/C14H24N4O3/c1-9(2)12-13(18(19)20)14(17(3)16-12)21-11-8-6-4-5-7-10(11)15/h9-11H,4-8,15H2,1-3H3. The molecule has 1 aromatic rings. The van der Waals surface area contributed by atoms with Crippen molar-refractivity contribution in [1.29, 1.82) is 0 Å². The lowest BCUT2D eigenvalue weighted by Crippen LogP contribution is -2.38. The van der Waals surface area contributed by atoms with E-state index in [-0.39, 0.29) is 29.6 Å². The van der Waals surface area contributed by atoms with Crippen molar-refractivity contribution in [2.75, 3.05) is 0 Å². The summed E-state index contributed by atoms with van der Waals surface area (Å²) in [5, 5.41) is 15.6. The quantitative estimate of drug-likeness (QED) is 0.523. The molecule has 1 aliphatic rings. The Morgan fingerprint density at radius 1 is 1.38 bits per heavy atom. The second-order valence-electron chi connectivity index (χ2n) is 6.03. The third-order valence-electron chi connectivity index (χ3n) is 3.99. The number of aromatic nitrogens is 2. The minimum absolute atomic E-state index is 0.0241. The first-order valence-electron chi connectivity index (χ1n) is 7.55. The van der Waals surface area contributed by atoms with Crippen LogP contribution in [0.1, 0.15) is 57.6 Å². The van der Waals surface area contributed by atoms with Gasteiger partial charge in [0, 0.05) is 19.0 Å². The molecule has 0 radical (unpaired) electrons. The number of rotatable bonds is 4. The van der Waals surface area contributed by atoms with Gasteiger partial charge in [-0.1, -0.05) is 26.7 Å². The normalized spacial score (nSPS) is 23.1. The Kier molecular flexibility index (Phi) is 4.82. The van der Waals surface area contributed by atoms with Crippen molar-refractivity contribution in [2.45, 2.75) is 64.0 Å². The molecule has 2 rings (SSSR count). The molecule has 7 nitrogen and oxygen atoms in total. The maximum atomic E-state index is 11.4. The third kappa shape index (κ3) is 3.34. The van der Waals surface area contributed by atoms with Crippen LogP contribution >= 0.6 is 0 Å². The van der Waals surface area contributed by atoms with Gasteiger partial charge in [-0.25, -0.2) is 4.68 Å². The Morgan fingerprint density at radius 2 is 2.05 bits per heavy atom. The number of aryl methyl sites for hydroxylation is 1. The predicted molar refractivity (Wildman–Crippen MR) is 79.4 cm³/mol. The largest absolute Gasteiger partial charge is 0.468 e. The van der Waals surface area contributed by atoms with E-state index in [1.54, 1.807) is 7.05 Å². The number of nitrogens with zero attached hydrogens (tertiary/aromatic N) is 3. The SMILES string of the molecule is CC(C)c1nn(C)c(OC2CCCCCC2N)c1[N+](=O)[O-]. The van der Waals surface area contributed by atoms with Gasteiger partial charge in [-0.3, -0.25) is 10.1 Å². The summed E-state index contributed by atoms with van der Waals surface area (Å²) in [5.74, 6) is 0.197. The molecule has 0 amide bonds. The van der Waals surface area contributed by atoms with Gasteiger partial charge >= 0.3 is 5.69 Å². The van der Waals surface area contributed by atoms with Crippen LogP contribution < -0.4 is 10.5 Å². The highest BCUT2D eigenvalue weighted by atomic mass is 16.6. The van der Waals surface area contributed by atoms with E-state index < -0.39 is 4.92 Å². The molecule has 1 heterocycles. The molecule has 1 saturated carbocycles. The molecule has 1 aromatic heterocycles. The first-order valence-corrected chi connectivity index (χ1v) is 7.55. The fraction of sp³-hybridized carbons (Fsp3) is 0.786. The van der Waals surface area contributed by atoms with Crippen LogP contribution in [-0.4, -0.2) is 26.8 Å². The Morgan fingerprint density at radius 3 is 2.67 bits per heavy atom. The second-order valence-corrected chi connectivity index (χ2v) is 6.03. The molecular formula is C14H24N4O3. The fourth-order valence-electron chi connectivity index (χ4n) is 2.80.